The highest BCUT2D eigenvalue weighted by atomic mass is 35.5. The first-order valence-electron chi connectivity index (χ1n) is 5.69. The second kappa shape index (κ2) is 5.36. The van der Waals surface area contributed by atoms with Gasteiger partial charge < -0.3 is 4.98 Å². The summed E-state index contributed by atoms with van der Waals surface area (Å²) in [7, 11) is 0. The van der Waals surface area contributed by atoms with E-state index in [4.69, 9.17) is 11.6 Å². The Hall–Kier alpha value is -1.61. The Morgan fingerprint density at radius 3 is 2.78 bits per heavy atom. The van der Waals surface area contributed by atoms with Crippen LogP contribution in [0.2, 0.25) is 5.02 Å². The fourth-order valence-corrected chi connectivity index (χ4v) is 2.14. The Kier molecular flexibility index (Phi) is 3.82. The van der Waals surface area contributed by atoms with Gasteiger partial charge in [-0.1, -0.05) is 17.7 Å². The van der Waals surface area contributed by atoms with E-state index < -0.39 is 0 Å². The van der Waals surface area contributed by atoms with Crippen molar-refractivity contribution >= 4 is 17.4 Å². The molecule has 0 saturated heterocycles. The fourth-order valence-electron chi connectivity index (χ4n) is 1.88. The molecule has 2 rings (SSSR count). The first kappa shape index (κ1) is 12.8. The number of halogens is 2. The third-order valence-corrected chi connectivity index (χ3v) is 3.25. The highest BCUT2D eigenvalue weighted by Crippen LogP contribution is 2.21. The first-order chi connectivity index (χ1) is 8.59. The lowest BCUT2D eigenvalue weighted by Gasteiger charge is -2.05. The molecule has 94 valence electrons. The van der Waals surface area contributed by atoms with Gasteiger partial charge in [-0.05, 0) is 37.1 Å². The molecule has 0 unspecified atom stereocenters. The molecule has 1 heterocycles. The van der Waals surface area contributed by atoms with Crippen molar-refractivity contribution in [3.63, 3.8) is 0 Å². The van der Waals surface area contributed by atoms with Crippen molar-refractivity contribution < 1.29 is 9.18 Å². The van der Waals surface area contributed by atoms with Crippen molar-refractivity contribution in [2.45, 2.75) is 19.8 Å². The van der Waals surface area contributed by atoms with Gasteiger partial charge in [-0.15, -0.1) is 0 Å². The number of aryl methyl sites for hydroxylation is 1. The van der Waals surface area contributed by atoms with E-state index in [1.54, 1.807) is 18.3 Å². The quantitative estimate of drug-likeness (QED) is 0.835. The van der Waals surface area contributed by atoms with Crippen molar-refractivity contribution in [1.82, 2.24) is 4.98 Å². The smallest absolute Gasteiger partial charge is 0.179 e. The number of nitrogens with one attached hydrogen (secondary N) is 1. The Balaban J connectivity index is 2.09. The standard InChI is InChI=1S/C14H13ClFNO/c1-9-7-8-17-14(9)13(18)6-5-10-11(15)3-2-4-12(10)16/h2-4,7-8,17H,5-6H2,1H3. The predicted molar refractivity (Wildman–Crippen MR) is 69.6 cm³/mol. The van der Waals surface area contributed by atoms with Crippen LogP contribution in [0.3, 0.4) is 0 Å². The molecular formula is C14H13ClFNO. The van der Waals surface area contributed by atoms with Gasteiger partial charge in [-0.2, -0.15) is 0 Å². The van der Waals surface area contributed by atoms with Crippen molar-refractivity contribution in [3.8, 4) is 0 Å². The minimum Gasteiger partial charge on any atom is -0.359 e. The second-order valence-electron chi connectivity index (χ2n) is 4.16. The number of hydrogen-bond acceptors (Lipinski definition) is 1. The molecule has 0 radical (unpaired) electrons. The number of carbonyl (C=O) groups is 1. The van der Waals surface area contributed by atoms with Gasteiger partial charge in [0.2, 0.25) is 0 Å². The van der Waals surface area contributed by atoms with Crippen LogP contribution in [-0.2, 0) is 6.42 Å². The number of rotatable bonds is 4. The molecule has 0 amide bonds. The number of benzene rings is 1. The van der Waals surface area contributed by atoms with Gasteiger partial charge in [0.25, 0.3) is 0 Å². The first-order valence-corrected chi connectivity index (χ1v) is 6.07. The van der Waals surface area contributed by atoms with E-state index in [1.165, 1.54) is 6.07 Å². The predicted octanol–water partition coefficient (Wildman–Crippen LogP) is 3.93. The summed E-state index contributed by atoms with van der Waals surface area (Å²) in [5.41, 5.74) is 1.89. The lowest BCUT2D eigenvalue weighted by atomic mass is 10.0. The van der Waals surface area contributed by atoms with E-state index in [0.717, 1.165) is 5.56 Å². The van der Waals surface area contributed by atoms with Crippen LogP contribution in [0.15, 0.2) is 30.5 Å². The molecule has 4 heteroatoms. The Morgan fingerprint density at radius 2 is 2.17 bits per heavy atom. The molecule has 0 spiro atoms. The lowest BCUT2D eigenvalue weighted by molar-refractivity contribution is 0.0978. The maximum Gasteiger partial charge on any atom is 0.179 e. The maximum atomic E-state index is 13.5. The summed E-state index contributed by atoms with van der Waals surface area (Å²) < 4.78 is 13.5. The molecule has 1 aromatic carbocycles. The second-order valence-corrected chi connectivity index (χ2v) is 4.57. The van der Waals surface area contributed by atoms with Crippen LogP contribution < -0.4 is 0 Å². The van der Waals surface area contributed by atoms with Crippen LogP contribution in [0.1, 0.15) is 28.0 Å². The molecular weight excluding hydrogens is 253 g/mol. The largest absolute Gasteiger partial charge is 0.359 e. The zero-order valence-corrected chi connectivity index (χ0v) is 10.7. The summed E-state index contributed by atoms with van der Waals surface area (Å²) >= 11 is 5.91. The summed E-state index contributed by atoms with van der Waals surface area (Å²) in [6.07, 6.45) is 2.27. The zero-order chi connectivity index (χ0) is 13.1. The van der Waals surface area contributed by atoms with Gasteiger partial charge in [0.05, 0.1) is 5.69 Å². The summed E-state index contributed by atoms with van der Waals surface area (Å²) in [5, 5.41) is 0.367. The molecule has 0 fully saturated rings. The Bertz CT molecular complexity index is 557. The third-order valence-electron chi connectivity index (χ3n) is 2.90. The highest BCUT2D eigenvalue weighted by Gasteiger charge is 2.13. The minimum atomic E-state index is -0.362. The van der Waals surface area contributed by atoms with E-state index in [-0.39, 0.29) is 18.0 Å². The molecule has 0 aliphatic carbocycles. The van der Waals surface area contributed by atoms with Gasteiger partial charge >= 0.3 is 0 Å². The summed E-state index contributed by atoms with van der Waals surface area (Å²) in [5.74, 6) is -0.393. The molecule has 2 nitrogen and oxygen atoms in total. The summed E-state index contributed by atoms with van der Waals surface area (Å²) in [4.78, 5) is 14.8. The fraction of sp³-hybridized carbons (Fsp3) is 0.214. The molecule has 18 heavy (non-hydrogen) atoms. The van der Waals surface area contributed by atoms with Crippen molar-refractivity contribution in [3.05, 3.63) is 58.1 Å². The Labute approximate surface area is 110 Å². The van der Waals surface area contributed by atoms with Crippen LogP contribution in [-0.4, -0.2) is 10.8 Å². The highest BCUT2D eigenvalue weighted by molar-refractivity contribution is 6.31. The van der Waals surface area contributed by atoms with Crippen molar-refractivity contribution in [2.24, 2.45) is 0 Å². The summed E-state index contributed by atoms with van der Waals surface area (Å²) in [6, 6.07) is 6.37. The molecule has 0 saturated carbocycles. The topological polar surface area (TPSA) is 32.9 Å². The monoisotopic (exact) mass is 265 g/mol. The zero-order valence-electron chi connectivity index (χ0n) is 9.97. The SMILES string of the molecule is Cc1cc[nH]c1C(=O)CCc1c(F)cccc1Cl. The van der Waals surface area contributed by atoms with E-state index in [9.17, 15) is 9.18 Å². The molecule has 0 bridgehead atoms. The van der Waals surface area contributed by atoms with E-state index in [1.807, 2.05) is 13.0 Å². The number of Topliss-reactive ketones (excluding diaryl/α,β-unsaturated/α-hetero) is 1. The average molecular weight is 266 g/mol. The van der Waals surface area contributed by atoms with Crippen LogP contribution in [0.4, 0.5) is 4.39 Å². The van der Waals surface area contributed by atoms with Crippen LogP contribution in [0, 0.1) is 12.7 Å². The van der Waals surface area contributed by atoms with E-state index in [0.29, 0.717) is 22.7 Å². The van der Waals surface area contributed by atoms with Gasteiger partial charge in [0, 0.05) is 23.2 Å². The number of aromatic amines is 1. The number of carbonyl (C=O) groups excluding carboxylic acids is 1. The molecule has 1 N–H and O–H groups in total. The maximum absolute atomic E-state index is 13.5. The lowest BCUT2D eigenvalue weighted by Crippen LogP contribution is -2.04. The number of aromatic nitrogens is 1. The van der Waals surface area contributed by atoms with Gasteiger partial charge in [0.15, 0.2) is 5.78 Å². The van der Waals surface area contributed by atoms with Crippen LogP contribution in [0.25, 0.3) is 0 Å². The van der Waals surface area contributed by atoms with Gasteiger partial charge in [0.1, 0.15) is 5.82 Å². The number of H-pyrrole nitrogens is 1. The van der Waals surface area contributed by atoms with Crippen LogP contribution >= 0.6 is 11.6 Å². The Morgan fingerprint density at radius 1 is 1.39 bits per heavy atom. The molecule has 0 aliphatic heterocycles. The molecule has 0 aliphatic rings. The van der Waals surface area contributed by atoms with E-state index >= 15 is 0 Å². The van der Waals surface area contributed by atoms with E-state index in [2.05, 4.69) is 4.98 Å². The minimum absolute atomic E-state index is 0.0307. The van der Waals surface area contributed by atoms with Crippen molar-refractivity contribution in [2.75, 3.05) is 0 Å². The molecule has 2 aromatic rings. The van der Waals surface area contributed by atoms with Gasteiger partial charge in [-0.3, -0.25) is 4.79 Å². The number of hydrogen-bond donors (Lipinski definition) is 1. The molecule has 0 atom stereocenters. The average Bonchev–Trinajstić information content (AvgIpc) is 2.74. The van der Waals surface area contributed by atoms with Crippen molar-refractivity contribution in [1.29, 1.82) is 0 Å². The van der Waals surface area contributed by atoms with Gasteiger partial charge in [-0.25, -0.2) is 4.39 Å². The van der Waals surface area contributed by atoms with Crippen LogP contribution in [0.5, 0.6) is 0 Å². The normalized spacial score (nSPS) is 10.6. The molecule has 1 aromatic heterocycles. The summed E-state index contributed by atoms with van der Waals surface area (Å²) in [6.45, 7) is 1.86. The third kappa shape index (κ3) is 2.62. The number of ketones is 1.